The van der Waals surface area contributed by atoms with Crippen LogP contribution in [0.15, 0.2) is 17.4 Å². The Kier molecular flexibility index (Phi) is 6.98. The summed E-state index contributed by atoms with van der Waals surface area (Å²) in [5.74, 6) is -1.26. The van der Waals surface area contributed by atoms with Crippen molar-refractivity contribution < 1.29 is 52.1 Å². The third-order valence-electron chi connectivity index (χ3n) is 5.32. The largest absolute Gasteiger partial charge is 0.534 e. The number of fused-ring (bicyclic) bond motifs is 2. The van der Waals surface area contributed by atoms with Gasteiger partial charge in [0.15, 0.2) is 5.16 Å². The highest BCUT2D eigenvalue weighted by atomic mass is 35.5. The monoisotopic (exact) mass is 626 g/mol. The van der Waals surface area contributed by atoms with Crippen molar-refractivity contribution in [3.8, 4) is 11.8 Å². The molecule has 20 heteroatoms. The maximum atomic E-state index is 13.2. The van der Waals surface area contributed by atoms with Crippen LogP contribution < -0.4 is 8.92 Å². The third-order valence-corrected chi connectivity index (χ3v) is 8.64. The van der Waals surface area contributed by atoms with Gasteiger partial charge in [-0.2, -0.15) is 58.2 Å². The Morgan fingerprint density at radius 2 is 1.79 bits per heavy atom. The first-order valence-electron chi connectivity index (χ1n) is 10.00. The maximum absolute atomic E-state index is 13.2. The van der Waals surface area contributed by atoms with E-state index in [4.69, 9.17) is 16.3 Å². The molecule has 0 radical (unpaired) electrons. The number of hydrogen-bond acceptors (Lipinski definition) is 10. The summed E-state index contributed by atoms with van der Waals surface area (Å²) in [6.07, 6.45) is 0.904. The van der Waals surface area contributed by atoms with E-state index in [-0.39, 0.29) is 55.1 Å². The van der Waals surface area contributed by atoms with Gasteiger partial charge in [-0.1, -0.05) is 23.4 Å². The molecule has 10 nitrogen and oxygen atoms in total. The molecule has 0 bridgehead atoms. The van der Waals surface area contributed by atoms with Crippen LogP contribution in [0.25, 0.3) is 10.9 Å². The van der Waals surface area contributed by atoms with E-state index in [1.165, 1.54) is 13.2 Å². The molecule has 1 aliphatic heterocycles. The number of halogens is 7. The second-order valence-corrected chi connectivity index (χ2v) is 12.2. The molecule has 208 valence electrons. The maximum Gasteiger partial charge on any atom is 0.534 e. The molecule has 0 amide bonds. The lowest BCUT2D eigenvalue weighted by Gasteiger charge is -2.28. The van der Waals surface area contributed by atoms with E-state index in [0.717, 1.165) is 24.0 Å². The third kappa shape index (κ3) is 4.73. The van der Waals surface area contributed by atoms with Crippen LogP contribution in [0.5, 0.6) is 11.8 Å². The summed E-state index contributed by atoms with van der Waals surface area (Å²) in [4.78, 5) is 7.73. The van der Waals surface area contributed by atoms with Crippen LogP contribution in [0.3, 0.4) is 0 Å². The van der Waals surface area contributed by atoms with Crippen LogP contribution >= 0.6 is 23.4 Å². The number of alkyl halides is 6. The van der Waals surface area contributed by atoms with Crippen molar-refractivity contribution in [2.45, 2.75) is 42.0 Å². The average Bonchev–Trinajstić information content (AvgIpc) is 3.21. The van der Waals surface area contributed by atoms with Crippen molar-refractivity contribution in [3.63, 3.8) is 0 Å². The van der Waals surface area contributed by atoms with E-state index in [0.29, 0.717) is 0 Å². The molecule has 1 aliphatic rings. The van der Waals surface area contributed by atoms with Crippen molar-refractivity contribution in [3.05, 3.63) is 34.0 Å². The minimum absolute atomic E-state index is 0.00479. The Hall–Kier alpha value is -2.51. The lowest BCUT2D eigenvalue weighted by atomic mass is 9.95. The van der Waals surface area contributed by atoms with Crippen molar-refractivity contribution >= 4 is 54.4 Å². The van der Waals surface area contributed by atoms with Gasteiger partial charge in [0, 0.05) is 10.9 Å². The number of nitrogens with zero attached hydrogens (tertiary/aromatic N) is 4. The number of aryl methyl sites for hydroxylation is 1. The van der Waals surface area contributed by atoms with Crippen LogP contribution in [0.2, 0.25) is 5.02 Å². The van der Waals surface area contributed by atoms with Gasteiger partial charge in [-0.25, -0.2) is 0 Å². The van der Waals surface area contributed by atoms with E-state index in [9.17, 15) is 43.2 Å². The SMILES string of the molecule is CSc1nc2c(c(OS(=O)(=O)C(F)(F)F)n1)CCC(c1c(Cl)c(C)cc3c1cnn3S(=O)(=O)C(F)(F)F)O2. The first-order valence-corrected chi connectivity index (χ1v) is 14.4. The highest BCUT2D eigenvalue weighted by Crippen LogP contribution is 2.44. The summed E-state index contributed by atoms with van der Waals surface area (Å²) in [7, 11) is -12.0. The van der Waals surface area contributed by atoms with Crippen LogP contribution in [0, 0.1) is 6.92 Å². The van der Waals surface area contributed by atoms with Crippen LogP contribution in [0.4, 0.5) is 26.3 Å². The Morgan fingerprint density at radius 1 is 1.13 bits per heavy atom. The normalized spacial score (nSPS) is 16.8. The fraction of sp³-hybridized carbons (Fsp3) is 0.389. The number of rotatable bonds is 5. The zero-order valence-corrected chi connectivity index (χ0v) is 22.0. The Labute approximate surface area is 219 Å². The summed E-state index contributed by atoms with van der Waals surface area (Å²) in [6.45, 7) is 1.40. The molecule has 0 spiro atoms. The molecule has 2 aromatic heterocycles. The lowest BCUT2D eigenvalue weighted by Crippen LogP contribution is -2.30. The van der Waals surface area contributed by atoms with Crippen LogP contribution in [-0.4, -0.2) is 53.3 Å². The van der Waals surface area contributed by atoms with Gasteiger partial charge < -0.3 is 8.92 Å². The highest BCUT2D eigenvalue weighted by molar-refractivity contribution is 7.98. The van der Waals surface area contributed by atoms with Gasteiger partial charge in [0.2, 0.25) is 11.8 Å². The van der Waals surface area contributed by atoms with Crippen molar-refractivity contribution in [1.82, 2.24) is 19.2 Å². The number of aromatic nitrogens is 4. The highest BCUT2D eigenvalue weighted by Gasteiger charge is 2.50. The van der Waals surface area contributed by atoms with E-state index >= 15 is 0 Å². The molecule has 4 rings (SSSR count). The molecule has 3 heterocycles. The first kappa shape index (κ1) is 28.5. The minimum Gasteiger partial charge on any atom is -0.469 e. The Bertz CT molecular complexity index is 1660. The van der Waals surface area contributed by atoms with Gasteiger partial charge in [-0.05, 0) is 37.7 Å². The molecule has 0 saturated carbocycles. The number of hydrogen-bond donors (Lipinski definition) is 0. The number of ether oxygens (including phenoxy) is 1. The minimum atomic E-state index is -6.08. The molecule has 3 aromatic rings. The van der Waals surface area contributed by atoms with Crippen molar-refractivity contribution in [2.24, 2.45) is 0 Å². The Morgan fingerprint density at radius 3 is 2.37 bits per heavy atom. The molecule has 1 atom stereocenters. The first-order chi connectivity index (χ1) is 17.4. The van der Waals surface area contributed by atoms with Crippen LogP contribution in [-0.2, 0) is 26.6 Å². The number of thioether (sulfide) groups is 1. The van der Waals surface area contributed by atoms with Gasteiger partial charge >= 0.3 is 31.2 Å². The van der Waals surface area contributed by atoms with Crippen molar-refractivity contribution in [2.75, 3.05) is 6.26 Å². The fourth-order valence-electron chi connectivity index (χ4n) is 3.61. The molecular weight excluding hydrogens is 614 g/mol. The van der Waals surface area contributed by atoms with Gasteiger partial charge in [0.05, 0.1) is 22.3 Å². The molecule has 1 unspecified atom stereocenters. The number of benzene rings is 1. The van der Waals surface area contributed by atoms with Gasteiger partial charge in [-0.3, -0.25) is 0 Å². The lowest BCUT2D eigenvalue weighted by molar-refractivity contribution is -0.0502. The second-order valence-electron chi connectivity index (χ2n) is 7.72. The molecule has 0 saturated heterocycles. The van der Waals surface area contributed by atoms with E-state index in [2.05, 4.69) is 19.2 Å². The second kappa shape index (κ2) is 9.30. The quantitative estimate of drug-likeness (QED) is 0.131. The molecule has 38 heavy (non-hydrogen) atoms. The van der Waals surface area contributed by atoms with Crippen LogP contribution in [0.1, 0.15) is 29.2 Å². The molecular formula is C18H13ClF6N4O6S3. The van der Waals surface area contributed by atoms with Gasteiger partial charge in [0.1, 0.15) is 6.10 Å². The van der Waals surface area contributed by atoms with Gasteiger partial charge in [0.25, 0.3) is 0 Å². The summed E-state index contributed by atoms with van der Waals surface area (Å²) in [6, 6.07) is 1.09. The smallest absolute Gasteiger partial charge is 0.469 e. The predicted octanol–water partition coefficient (Wildman–Crippen LogP) is 4.50. The van der Waals surface area contributed by atoms with E-state index < -0.39 is 48.7 Å². The topological polar surface area (TPSA) is 130 Å². The Balaban J connectivity index is 1.83. The van der Waals surface area contributed by atoms with Crippen molar-refractivity contribution in [1.29, 1.82) is 0 Å². The predicted molar refractivity (Wildman–Crippen MR) is 121 cm³/mol. The zero-order valence-electron chi connectivity index (χ0n) is 18.8. The summed E-state index contributed by atoms with van der Waals surface area (Å²) >= 11 is 7.25. The fourth-order valence-corrected chi connectivity index (χ4v) is 5.45. The molecule has 1 aromatic carbocycles. The summed E-state index contributed by atoms with van der Waals surface area (Å²) < 4.78 is 135. The van der Waals surface area contributed by atoms with E-state index in [1.54, 1.807) is 0 Å². The zero-order chi connectivity index (χ0) is 28.4. The van der Waals surface area contributed by atoms with Gasteiger partial charge in [-0.15, -0.1) is 4.09 Å². The summed E-state index contributed by atoms with van der Waals surface area (Å²) in [5, 5.41) is 3.09. The summed E-state index contributed by atoms with van der Waals surface area (Å²) in [5.41, 5.74) is -11.8. The molecule has 0 N–H and O–H groups in total. The molecule has 0 fully saturated rings. The van der Waals surface area contributed by atoms with E-state index in [1.807, 2.05) is 0 Å². The standard InChI is InChI=1S/C18H13ClF6N4O6S3/c1-7-5-10-9(6-26-29(10)37(30,31)17(20,21)22)12(13(7)19)11-4-3-8-14(34-11)27-16(36-2)28-15(8)35-38(32,33)18(23,24)25/h5-6,11H,3-4H2,1-2H3. The molecule has 0 aliphatic carbocycles. The average molecular weight is 627 g/mol.